The maximum Gasteiger partial charge on any atom is 0.320 e. The maximum atomic E-state index is 12.2. The van der Waals surface area contributed by atoms with Crippen LogP contribution in [0.1, 0.15) is 97.3 Å². The minimum Gasteiger partial charge on any atom is -0.480 e. The number of carbonyl (C=O) groups is 2. The summed E-state index contributed by atoms with van der Waals surface area (Å²) in [6.07, 6.45) is 12.9. The Bertz CT molecular complexity index is 778. The lowest BCUT2D eigenvalue weighted by Crippen LogP contribution is -2.60. The van der Waals surface area contributed by atoms with E-state index >= 15 is 0 Å². The van der Waals surface area contributed by atoms with Gasteiger partial charge in [-0.1, -0.05) is 20.3 Å². The van der Waals surface area contributed by atoms with E-state index in [9.17, 15) is 14.7 Å². The highest BCUT2D eigenvalue weighted by molar-refractivity contribution is 5.75. The lowest BCUT2D eigenvalue weighted by molar-refractivity contribution is -0.159. The monoisotopic (exact) mass is 505 g/mol. The van der Waals surface area contributed by atoms with Gasteiger partial charge in [0.25, 0.3) is 0 Å². The molecule has 4 fully saturated rings. The molecule has 0 aromatic carbocycles. The van der Waals surface area contributed by atoms with Gasteiger partial charge in [0.15, 0.2) is 0 Å². The Morgan fingerprint density at radius 2 is 1.83 bits per heavy atom. The third-order valence-corrected chi connectivity index (χ3v) is 11.3. The summed E-state index contributed by atoms with van der Waals surface area (Å²) < 4.78 is 0. The highest BCUT2D eigenvalue weighted by Crippen LogP contribution is 2.66. The molecule has 0 bridgehead atoms. The molecule has 5 unspecified atom stereocenters. The maximum absolute atomic E-state index is 12.2. The van der Waals surface area contributed by atoms with Crippen LogP contribution < -0.4 is 16.4 Å². The standard InChI is InChI=1S/C29H51N3O4/c1-28-13-12-22-26(24(33)17-20-18-31-16-14-29(20,22)2)21(28)11-10-19(28)7-3-4-9-25(34)32-15-6-5-8-23(30)27(35)36/h19-24,26,31,33H,3-18,30H2,1-2H3,(H,32,34)(H,35,36)/t19?,20-,21?,22?,23+,24?,26+,28-,29?/m1/s1. The van der Waals surface area contributed by atoms with Gasteiger partial charge in [0, 0.05) is 13.0 Å². The zero-order valence-electron chi connectivity index (χ0n) is 22.6. The van der Waals surface area contributed by atoms with Crippen LogP contribution in [0.4, 0.5) is 0 Å². The number of carboxylic acids is 1. The number of aliphatic carboxylic acids is 1. The second-order valence-electron chi connectivity index (χ2n) is 13.1. The molecule has 7 heteroatoms. The van der Waals surface area contributed by atoms with E-state index in [4.69, 9.17) is 10.8 Å². The van der Waals surface area contributed by atoms with Crippen molar-refractivity contribution in [1.82, 2.24) is 10.6 Å². The summed E-state index contributed by atoms with van der Waals surface area (Å²) >= 11 is 0. The lowest BCUT2D eigenvalue weighted by Gasteiger charge is -2.62. The number of amides is 1. The van der Waals surface area contributed by atoms with E-state index in [1.165, 1.54) is 38.5 Å². The molecular weight excluding hydrogens is 454 g/mol. The molecule has 6 N–H and O–H groups in total. The second kappa shape index (κ2) is 11.7. The van der Waals surface area contributed by atoms with Crippen molar-refractivity contribution < 1.29 is 19.8 Å². The van der Waals surface area contributed by atoms with Gasteiger partial charge in [-0.25, -0.2) is 0 Å². The number of aliphatic hydroxyl groups excluding tert-OH is 1. The fraction of sp³-hybridized carbons (Fsp3) is 0.931. The molecule has 1 heterocycles. The predicted octanol–water partition coefficient (Wildman–Crippen LogP) is 3.68. The van der Waals surface area contributed by atoms with Crippen LogP contribution in [-0.4, -0.2) is 53.9 Å². The Hall–Kier alpha value is -1.18. The van der Waals surface area contributed by atoms with Gasteiger partial charge in [-0.15, -0.1) is 0 Å². The molecule has 1 amide bonds. The molecular formula is C29H51N3O4. The summed E-state index contributed by atoms with van der Waals surface area (Å²) in [6.45, 7) is 7.86. The van der Waals surface area contributed by atoms with Gasteiger partial charge in [-0.3, -0.25) is 9.59 Å². The van der Waals surface area contributed by atoms with E-state index in [-0.39, 0.29) is 12.0 Å². The minimum absolute atomic E-state index is 0.101. The van der Waals surface area contributed by atoms with Gasteiger partial charge in [-0.2, -0.15) is 0 Å². The molecule has 9 atom stereocenters. The summed E-state index contributed by atoms with van der Waals surface area (Å²) in [5.41, 5.74) is 6.25. The number of carboxylic acid groups (broad SMARTS) is 1. The number of unbranched alkanes of at least 4 members (excludes halogenated alkanes) is 2. The third kappa shape index (κ3) is 5.63. The molecule has 1 saturated heterocycles. The first-order valence-electron chi connectivity index (χ1n) is 14.8. The fourth-order valence-electron chi connectivity index (χ4n) is 9.05. The zero-order valence-corrected chi connectivity index (χ0v) is 22.6. The minimum atomic E-state index is -0.964. The number of carbonyl (C=O) groups excluding carboxylic acids is 1. The van der Waals surface area contributed by atoms with Crippen LogP contribution in [0.25, 0.3) is 0 Å². The lowest BCUT2D eigenvalue weighted by atomic mass is 9.45. The molecule has 206 valence electrons. The first-order chi connectivity index (χ1) is 17.2. The number of nitrogens with two attached hydrogens (primary N) is 1. The summed E-state index contributed by atoms with van der Waals surface area (Å²) in [6, 6.07) is -0.807. The molecule has 4 rings (SSSR count). The van der Waals surface area contributed by atoms with Crippen molar-refractivity contribution in [1.29, 1.82) is 0 Å². The summed E-state index contributed by atoms with van der Waals surface area (Å²) in [5.74, 6) is 2.28. The van der Waals surface area contributed by atoms with Crippen LogP contribution in [0.5, 0.6) is 0 Å². The number of rotatable bonds is 11. The molecule has 0 spiro atoms. The summed E-state index contributed by atoms with van der Waals surface area (Å²) in [5, 5.41) is 26.7. The van der Waals surface area contributed by atoms with Crippen LogP contribution in [-0.2, 0) is 9.59 Å². The topological polar surface area (TPSA) is 125 Å². The number of piperidine rings is 1. The molecule has 7 nitrogen and oxygen atoms in total. The molecule has 0 aromatic rings. The van der Waals surface area contributed by atoms with Crippen molar-refractivity contribution in [2.75, 3.05) is 19.6 Å². The molecule has 0 radical (unpaired) electrons. The highest BCUT2D eigenvalue weighted by atomic mass is 16.4. The Morgan fingerprint density at radius 1 is 1.06 bits per heavy atom. The SMILES string of the molecule is CC12CCNC[C@H]1CC(O)[C@@H]1C2CC[C@]2(C)C(CCCCC(=O)NCCCC[C@H](N)C(=O)O)CCC12. The van der Waals surface area contributed by atoms with Gasteiger partial charge in [0.05, 0.1) is 6.10 Å². The molecule has 3 aliphatic carbocycles. The van der Waals surface area contributed by atoms with Crippen molar-refractivity contribution >= 4 is 11.9 Å². The largest absolute Gasteiger partial charge is 0.480 e. The smallest absolute Gasteiger partial charge is 0.320 e. The molecule has 4 aliphatic rings. The van der Waals surface area contributed by atoms with Crippen LogP contribution in [0.3, 0.4) is 0 Å². The predicted molar refractivity (Wildman–Crippen MR) is 141 cm³/mol. The van der Waals surface area contributed by atoms with E-state index < -0.39 is 12.0 Å². The number of hydrogen-bond donors (Lipinski definition) is 5. The molecule has 1 aliphatic heterocycles. The molecule has 0 aromatic heterocycles. The summed E-state index contributed by atoms with van der Waals surface area (Å²) in [4.78, 5) is 23.0. The van der Waals surface area contributed by atoms with Crippen molar-refractivity contribution in [3.05, 3.63) is 0 Å². The van der Waals surface area contributed by atoms with Crippen molar-refractivity contribution in [3.8, 4) is 0 Å². The fourth-order valence-corrected chi connectivity index (χ4v) is 9.05. The third-order valence-electron chi connectivity index (χ3n) is 11.3. The molecule has 3 saturated carbocycles. The van der Waals surface area contributed by atoms with Gasteiger partial charge >= 0.3 is 5.97 Å². The van der Waals surface area contributed by atoms with Gasteiger partial charge in [-0.05, 0) is 124 Å². The normalized spacial score (nSPS) is 40.6. The van der Waals surface area contributed by atoms with Crippen molar-refractivity contribution in [2.45, 2.75) is 109 Å². The molecule has 36 heavy (non-hydrogen) atoms. The Labute approximate surface area is 217 Å². The number of aliphatic hydroxyl groups is 1. The Balaban J connectivity index is 1.19. The van der Waals surface area contributed by atoms with Crippen LogP contribution in [0, 0.1) is 40.4 Å². The average Bonchev–Trinajstić information content (AvgIpc) is 3.18. The van der Waals surface area contributed by atoms with Crippen LogP contribution in [0.15, 0.2) is 0 Å². The van der Waals surface area contributed by atoms with E-state index in [1.807, 2.05) is 0 Å². The van der Waals surface area contributed by atoms with E-state index in [1.54, 1.807) is 0 Å². The summed E-state index contributed by atoms with van der Waals surface area (Å²) in [7, 11) is 0. The zero-order chi connectivity index (χ0) is 25.9. The highest BCUT2D eigenvalue weighted by Gasteiger charge is 2.61. The van der Waals surface area contributed by atoms with Crippen LogP contribution >= 0.6 is 0 Å². The Morgan fingerprint density at radius 3 is 2.61 bits per heavy atom. The van der Waals surface area contributed by atoms with Crippen molar-refractivity contribution in [3.63, 3.8) is 0 Å². The second-order valence-corrected chi connectivity index (χ2v) is 13.1. The van der Waals surface area contributed by atoms with Gasteiger partial charge in [0.1, 0.15) is 6.04 Å². The van der Waals surface area contributed by atoms with E-state index in [0.717, 1.165) is 44.7 Å². The first kappa shape index (κ1) is 27.8. The van der Waals surface area contributed by atoms with Gasteiger partial charge < -0.3 is 26.6 Å². The number of hydrogen-bond acceptors (Lipinski definition) is 5. The quantitative estimate of drug-likeness (QED) is 0.273. The van der Waals surface area contributed by atoms with E-state index in [0.29, 0.717) is 60.3 Å². The van der Waals surface area contributed by atoms with Crippen LogP contribution in [0.2, 0.25) is 0 Å². The Kier molecular flexibility index (Phi) is 9.04. The van der Waals surface area contributed by atoms with E-state index in [2.05, 4.69) is 24.5 Å². The van der Waals surface area contributed by atoms with Crippen molar-refractivity contribution in [2.24, 2.45) is 46.2 Å². The average molecular weight is 506 g/mol. The number of fused-ring (bicyclic) bond motifs is 5. The van der Waals surface area contributed by atoms with Gasteiger partial charge in [0.2, 0.25) is 5.91 Å². The number of nitrogens with one attached hydrogen (secondary N) is 2. The first-order valence-corrected chi connectivity index (χ1v) is 14.8.